The fourth-order valence-electron chi connectivity index (χ4n) is 1.64. The average Bonchev–Trinajstić information content (AvgIpc) is 2.75. The summed E-state index contributed by atoms with van der Waals surface area (Å²) in [5, 5.41) is 9.44. The fourth-order valence-corrected chi connectivity index (χ4v) is 2.47. The van der Waals surface area contributed by atoms with Crippen LogP contribution in [0.5, 0.6) is 0 Å². The Hall–Kier alpha value is -1.46. The van der Waals surface area contributed by atoms with E-state index in [1.807, 2.05) is 31.6 Å². The highest BCUT2D eigenvalue weighted by Gasteiger charge is 2.08. The summed E-state index contributed by atoms with van der Waals surface area (Å²) in [6.45, 7) is 4.56. The Labute approximate surface area is 111 Å². The minimum atomic E-state index is -0.472. The molecule has 0 aliphatic heterocycles. The first-order chi connectivity index (χ1) is 8.58. The molecule has 0 aromatic carbocycles. The first-order valence-corrected chi connectivity index (χ1v) is 6.70. The number of aryl methyl sites for hydroxylation is 1. The van der Waals surface area contributed by atoms with Gasteiger partial charge in [-0.05, 0) is 25.5 Å². The van der Waals surface area contributed by atoms with Gasteiger partial charge in [0.15, 0.2) is 0 Å². The summed E-state index contributed by atoms with van der Waals surface area (Å²) in [6.07, 6.45) is 1.25. The molecule has 1 unspecified atom stereocenters. The SMILES string of the molecule is Cc1ncsc1CN(C)c1ccc(C(C)O)cn1. The molecule has 0 radical (unpaired) electrons. The summed E-state index contributed by atoms with van der Waals surface area (Å²) in [6, 6.07) is 3.83. The van der Waals surface area contributed by atoms with Gasteiger partial charge in [-0.15, -0.1) is 11.3 Å². The Morgan fingerprint density at radius 1 is 1.39 bits per heavy atom. The predicted octanol–water partition coefficient (Wildman–Crippen LogP) is 2.54. The van der Waals surface area contributed by atoms with Crippen molar-refractivity contribution in [3.63, 3.8) is 0 Å². The molecule has 0 saturated heterocycles. The van der Waals surface area contributed by atoms with Crippen molar-refractivity contribution in [3.05, 3.63) is 40.0 Å². The Balaban J connectivity index is 2.09. The number of rotatable bonds is 4. The number of pyridine rings is 1. The van der Waals surface area contributed by atoms with Crippen LogP contribution in [-0.4, -0.2) is 22.1 Å². The van der Waals surface area contributed by atoms with Crippen molar-refractivity contribution < 1.29 is 5.11 Å². The number of anilines is 1. The molecule has 0 amide bonds. The molecule has 2 rings (SSSR count). The van der Waals surface area contributed by atoms with E-state index in [1.165, 1.54) is 4.88 Å². The van der Waals surface area contributed by atoms with E-state index in [1.54, 1.807) is 24.5 Å². The van der Waals surface area contributed by atoms with Crippen molar-refractivity contribution in [1.29, 1.82) is 0 Å². The van der Waals surface area contributed by atoms with Gasteiger partial charge in [-0.2, -0.15) is 0 Å². The van der Waals surface area contributed by atoms with Crippen LogP contribution < -0.4 is 4.90 Å². The number of aromatic nitrogens is 2. The molecule has 1 atom stereocenters. The molecular weight excluding hydrogens is 246 g/mol. The molecule has 2 aromatic rings. The zero-order chi connectivity index (χ0) is 13.1. The minimum Gasteiger partial charge on any atom is -0.389 e. The molecule has 2 aromatic heterocycles. The molecule has 0 spiro atoms. The molecule has 4 nitrogen and oxygen atoms in total. The molecule has 96 valence electrons. The Bertz CT molecular complexity index is 507. The van der Waals surface area contributed by atoms with Crippen molar-refractivity contribution in [2.24, 2.45) is 0 Å². The maximum absolute atomic E-state index is 9.44. The number of nitrogens with zero attached hydrogens (tertiary/aromatic N) is 3. The van der Waals surface area contributed by atoms with Gasteiger partial charge in [0.05, 0.1) is 23.9 Å². The summed E-state index contributed by atoms with van der Waals surface area (Å²) >= 11 is 1.66. The van der Waals surface area contributed by atoms with E-state index in [0.717, 1.165) is 23.6 Å². The minimum absolute atomic E-state index is 0.472. The van der Waals surface area contributed by atoms with Crippen LogP contribution in [-0.2, 0) is 6.54 Å². The normalized spacial score (nSPS) is 12.4. The third kappa shape index (κ3) is 2.86. The summed E-state index contributed by atoms with van der Waals surface area (Å²) in [5.41, 5.74) is 3.77. The van der Waals surface area contributed by atoms with Crippen LogP contribution in [0, 0.1) is 6.92 Å². The number of aliphatic hydroxyl groups excluding tert-OH is 1. The molecule has 0 saturated carbocycles. The van der Waals surface area contributed by atoms with Gasteiger partial charge >= 0.3 is 0 Å². The summed E-state index contributed by atoms with van der Waals surface area (Å²) in [4.78, 5) is 11.9. The maximum atomic E-state index is 9.44. The number of aliphatic hydroxyl groups is 1. The Morgan fingerprint density at radius 3 is 2.67 bits per heavy atom. The third-order valence-corrected chi connectivity index (χ3v) is 3.79. The molecular formula is C13H17N3OS. The molecule has 1 N–H and O–H groups in total. The van der Waals surface area contributed by atoms with Crippen LogP contribution in [0.4, 0.5) is 5.82 Å². The predicted molar refractivity (Wildman–Crippen MR) is 73.8 cm³/mol. The van der Waals surface area contributed by atoms with Crippen LogP contribution in [0.2, 0.25) is 0 Å². The number of thiazole rings is 1. The smallest absolute Gasteiger partial charge is 0.128 e. The van der Waals surface area contributed by atoms with E-state index in [4.69, 9.17) is 0 Å². The monoisotopic (exact) mass is 263 g/mol. The van der Waals surface area contributed by atoms with Crippen molar-refractivity contribution in [3.8, 4) is 0 Å². The van der Waals surface area contributed by atoms with Gasteiger partial charge in [0.1, 0.15) is 5.82 Å². The zero-order valence-electron chi connectivity index (χ0n) is 10.8. The van der Waals surface area contributed by atoms with Crippen LogP contribution in [0.25, 0.3) is 0 Å². The second-order valence-electron chi connectivity index (χ2n) is 4.34. The van der Waals surface area contributed by atoms with Crippen molar-refractivity contribution in [2.75, 3.05) is 11.9 Å². The number of hydrogen-bond acceptors (Lipinski definition) is 5. The van der Waals surface area contributed by atoms with Gasteiger partial charge in [-0.25, -0.2) is 9.97 Å². The molecule has 0 aliphatic carbocycles. The van der Waals surface area contributed by atoms with Crippen molar-refractivity contribution in [1.82, 2.24) is 9.97 Å². The summed E-state index contributed by atoms with van der Waals surface area (Å²) < 4.78 is 0. The van der Waals surface area contributed by atoms with Gasteiger partial charge in [0, 0.05) is 18.1 Å². The quantitative estimate of drug-likeness (QED) is 0.921. The summed E-state index contributed by atoms with van der Waals surface area (Å²) in [5.74, 6) is 0.896. The fraction of sp³-hybridized carbons (Fsp3) is 0.385. The van der Waals surface area contributed by atoms with E-state index < -0.39 is 6.10 Å². The lowest BCUT2D eigenvalue weighted by atomic mass is 10.2. The standard InChI is InChI=1S/C13H17N3OS/c1-9-12(18-8-15-9)7-16(3)13-5-4-11(6-14-13)10(2)17/h4-6,8,10,17H,7H2,1-3H3. The highest BCUT2D eigenvalue weighted by Crippen LogP contribution is 2.19. The average molecular weight is 263 g/mol. The number of hydrogen-bond donors (Lipinski definition) is 1. The van der Waals surface area contributed by atoms with Gasteiger partial charge in [0.2, 0.25) is 0 Å². The lowest BCUT2D eigenvalue weighted by molar-refractivity contribution is 0.199. The van der Waals surface area contributed by atoms with Gasteiger partial charge < -0.3 is 10.0 Å². The molecule has 0 aliphatic rings. The molecule has 2 heterocycles. The molecule has 18 heavy (non-hydrogen) atoms. The van der Waals surface area contributed by atoms with Crippen LogP contribution in [0.3, 0.4) is 0 Å². The zero-order valence-corrected chi connectivity index (χ0v) is 11.6. The molecule has 0 fully saturated rings. The lowest BCUT2D eigenvalue weighted by Gasteiger charge is -2.18. The van der Waals surface area contributed by atoms with Crippen molar-refractivity contribution >= 4 is 17.2 Å². The van der Waals surface area contributed by atoms with E-state index in [2.05, 4.69) is 14.9 Å². The van der Waals surface area contributed by atoms with E-state index in [9.17, 15) is 5.11 Å². The second kappa shape index (κ2) is 5.46. The molecule has 5 heteroatoms. The van der Waals surface area contributed by atoms with Gasteiger partial charge in [-0.1, -0.05) is 6.07 Å². The Morgan fingerprint density at radius 2 is 2.17 bits per heavy atom. The molecule has 0 bridgehead atoms. The van der Waals surface area contributed by atoms with Crippen LogP contribution in [0.15, 0.2) is 23.8 Å². The largest absolute Gasteiger partial charge is 0.389 e. The van der Waals surface area contributed by atoms with Gasteiger partial charge in [-0.3, -0.25) is 0 Å². The van der Waals surface area contributed by atoms with E-state index in [-0.39, 0.29) is 0 Å². The Kier molecular flexibility index (Phi) is 3.93. The third-order valence-electron chi connectivity index (χ3n) is 2.87. The lowest BCUT2D eigenvalue weighted by Crippen LogP contribution is -2.17. The van der Waals surface area contributed by atoms with Crippen LogP contribution in [0.1, 0.15) is 29.2 Å². The first-order valence-electron chi connectivity index (χ1n) is 5.82. The van der Waals surface area contributed by atoms with Crippen molar-refractivity contribution in [2.45, 2.75) is 26.5 Å². The van der Waals surface area contributed by atoms with Gasteiger partial charge in [0.25, 0.3) is 0 Å². The maximum Gasteiger partial charge on any atom is 0.128 e. The van der Waals surface area contributed by atoms with Crippen LogP contribution >= 0.6 is 11.3 Å². The first kappa shape index (κ1) is 13.0. The van der Waals surface area contributed by atoms with E-state index in [0.29, 0.717) is 0 Å². The summed E-state index contributed by atoms with van der Waals surface area (Å²) in [7, 11) is 2.00. The highest BCUT2D eigenvalue weighted by atomic mass is 32.1. The highest BCUT2D eigenvalue weighted by molar-refractivity contribution is 7.09. The second-order valence-corrected chi connectivity index (χ2v) is 5.28. The topological polar surface area (TPSA) is 49.2 Å². The van der Waals surface area contributed by atoms with E-state index >= 15 is 0 Å².